The number of hydrogen-bond donors (Lipinski definition) is 1. The molecule has 0 aromatic heterocycles. The molecule has 1 aliphatic carbocycles. The molecule has 1 saturated carbocycles. The molecule has 1 aliphatic heterocycles. The Labute approximate surface area is 218 Å². The van der Waals surface area contributed by atoms with Gasteiger partial charge in [-0.25, -0.2) is 0 Å². The monoisotopic (exact) mass is 510 g/mol. The molecule has 1 heterocycles. The molecule has 0 atom stereocenters. The third-order valence-electron chi connectivity index (χ3n) is 7.59. The molecule has 4 rings (SSSR count). The molecule has 1 N–H and O–H groups in total. The average molecular weight is 511 g/mol. The number of carbonyl (C=O) groups excluding carboxylic acids is 1. The summed E-state index contributed by atoms with van der Waals surface area (Å²) in [6.07, 6.45) is 7.48. The highest BCUT2D eigenvalue weighted by molar-refractivity contribution is 5.76. The van der Waals surface area contributed by atoms with Crippen molar-refractivity contribution in [2.45, 2.75) is 44.9 Å². The zero-order chi connectivity index (χ0) is 26.2. The molecular weight excluding hydrogens is 472 g/mol. The van der Waals surface area contributed by atoms with Crippen LogP contribution in [0.5, 0.6) is 11.5 Å². The topological polar surface area (TPSA) is 97.2 Å². The summed E-state index contributed by atoms with van der Waals surface area (Å²) in [5.41, 5.74) is 2.52. The van der Waals surface area contributed by atoms with Crippen LogP contribution < -0.4 is 19.7 Å². The van der Waals surface area contributed by atoms with Gasteiger partial charge in [0.2, 0.25) is 5.91 Å². The minimum absolute atomic E-state index is 0.0526. The predicted octanol–water partition coefficient (Wildman–Crippen LogP) is 4.89. The van der Waals surface area contributed by atoms with Crippen molar-refractivity contribution in [3.05, 3.63) is 52.1 Å². The Bertz CT molecular complexity index is 1080. The Kier molecular flexibility index (Phi) is 9.09. The third-order valence-corrected chi connectivity index (χ3v) is 7.59. The van der Waals surface area contributed by atoms with Crippen LogP contribution in [0.3, 0.4) is 0 Å². The number of carbonyl (C=O) groups is 1. The first kappa shape index (κ1) is 26.6. The van der Waals surface area contributed by atoms with Crippen molar-refractivity contribution in [2.75, 3.05) is 57.2 Å². The van der Waals surface area contributed by atoms with Crippen molar-refractivity contribution in [3.63, 3.8) is 0 Å². The minimum Gasteiger partial charge on any atom is -0.493 e. The SMILES string of the molecule is COc1ccc(CCNc2cc(N3CCN(C(=O)CCC4CCCC4)CC3)ccc2[N+](=O)[O-])cc1OC. The van der Waals surface area contributed by atoms with Gasteiger partial charge < -0.3 is 24.6 Å². The molecule has 37 heavy (non-hydrogen) atoms. The Morgan fingerprint density at radius 1 is 1.03 bits per heavy atom. The van der Waals surface area contributed by atoms with Gasteiger partial charge >= 0.3 is 0 Å². The smallest absolute Gasteiger partial charge is 0.292 e. The van der Waals surface area contributed by atoms with Gasteiger partial charge in [-0.1, -0.05) is 31.7 Å². The fourth-order valence-corrected chi connectivity index (χ4v) is 5.40. The van der Waals surface area contributed by atoms with Crippen molar-refractivity contribution < 1.29 is 19.2 Å². The molecule has 1 saturated heterocycles. The lowest BCUT2D eigenvalue weighted by atomic mass is 10.0. The maximum absolute atomic E-state index is 12.7. The number of amides is 1. The minimum atomic E-state index is -0.358. The van der Waals surface area contributed by atoms with Gasteiger partial charge in [-0.15, -0.1) is 0 Å². The van der Waals surface area contributed by atoms with Gasteiger partial charge in [0.15, 0.2) is 11.5 Å². The van der Waals surface area contributed by atoms with Crippen molar-refractivity contribution in [3.8, 4) is 11.5 Å². The third kappa shape index (κ3) is 6.84. The first-order valence-electron chi connectivity index (χ1n) is 13.2. The molecule has 0 unspecified atom stereocenters. The number of rotatable bonds is 11. The molecule has 0 spiro atoms. The largest absolute Gasteiger partial charge is 0.493 e. The fourth-order valence-electron chi connectivity index (χ4n) is 5.40. The summed E-state index contributed by atoms with van der Waals surface area (Å²) in [5.74, 6) is 2.30. The highest BCUT2D eigenvalue weighted by atomic mass is 16.6. The van der Waals surface area contributed by atoms with Crippen LogP contribution in [-0.2, 0) is 11.2 Å². The van der Waals surface area contributed by atoms with Gasteiger partial charge in [-0.2, -0.15) is 0 Å². The number of nitrogens with zero attached hydrogens (tertiary/aromatic N) is 3. The van der Waals surface area contributed by atoms with Crippen LogP contribution in [0.1, 0.15) is 44.1 Å². The average Bonchev–Trinajstić information content (AvgIpc) is 3.45. The van der Waals surface area contributed by atoms with Gasteiger partial charge in [0.25, 0.3) is 5.69 Å². The molecule has 0 bridgehead atoms. The summed E-state index contributed by atoms with van der Waals surface area (Å²) < 4.78 is 10.7. The molecule has 2 aromatic carbocycles. The van der Waals surface area contributed by atoms with E-state index in [4.69, 9.17) is 9.47 Å². The Morgan fingerprint density at radius 3 is 2.43 bits per heavy atom. The summed E-state index contributed by atoms with van der Waals surface area (Å²) in [7, 11) is 3.20. The molecular formula is C28H38N4O5. The number of piperazine rings is 1. The second-order valence-electron chi connectivity index (χ2n) is 9.88. The number of hydrogen-bond acceptors (Lipinski definition) is 7. The molecule has 9 nitrogen and oxygen atoms in total. The van der Waals surface area contributed by atoms with Crippen LogP contribution in [0.2, 0.25) is 0 Å². The van der Waals surface area contributed by atoms with E-state index in [2.05, 4.69) is 10.2 Å². The number of ether oxygens (including phenoxy) is 2. The van der Waals surface area contributed by atoms with Gasteiger partial charge in [0.1, 0.15) is 5.69 Å². The molecule has 2 fully saturated rings. The van der Waals surface area contributed by atoms with Gasteiger partial charge in [-0.3, -0.25) is 14.9 Å². The number of anilines is 2. The number of benzene rings is 2. The van der Waals surface area contributed by atoms with Crippen molar-refractivity contribution in [2.24, 2.45) is 5.92 Å². The van der Waals surface area contributed by atoms with E-state index in [1.807, 2.05) is 29.2 Å². The van der Waals surface area contributed by atoms with E-state index in [-0.39, 0.29) is 16.5 Å². The Balaban J connectivity index is 1.33. The van der Waals surface area contributed by atoms with Crippen molar-refractivity contribution >= 4 is 23.0 Å². The van der Waals surface area contributed by atoms with E-state index in [9.17, 15) is 14.9 Å². The van der Waals surface area contributed by atoms with Gasteiger partial charge in [0, 0.05) is 50.9 Å². The molecule has 200 valence electrons. The van der Waals surface area contributed by atoms with Crippen LogP contribution in [-0.4, -0.2) is 62.7 Å². The fraction of sp³-hybridized carbons (Fsp3) is 0.536. The van der Waals surface area contributed by atoms with E-state index in [1.165, 1.54) is 25.7 Å². The molecule has 2 aromatic rings. The number of nitrogens with one attached hydrogen (secondary N) is 1. The second kappa shape index (κ2) is 12.7. The van der Waals surface area contributed by atoms with E-state index >= 15 is 0 Å². The summed E-state index contributed by atoms with van der Waals surface area (Å²) >= 11 is 0. The lowest BCUT2D eigenvalue weighted by Gasteiger charge is -2.36. The maximum atomic E-state index is 12.7. The van der Waals surface area contributed by atoms with Crippen LogP contribution >= 0.6 is 0 Å². The van der Waals surface area contributed by atoms with Crippen LogP contribution in [0.25, 0.3) is 0 Å². The first-order valence-corrected chi connectivity index (χ1v) is 13.2. The molecule has 0 radical (unpaired) electrons. The normalized spacial score (nSPS) is 16.1. The highest BCUT2D eigenvalue weighted by Gasteiger charge is 2.24. The lowest BCUT2D eigenvalue weighted by Crippen LogP contribution is -2.48. The lowest BCUT2D eigenvalue weighted by molar-refractivity contribution is -0.383. The Morgan fingerprint density at radius 2 is 1.76 bits per heavy atom. The molecule has 1 amide bonds. The number of nitro benzene ring substituents is 1. The predicted molar refractivity (Wildman–Crippen MR) is 145 cm³/mol. The summed E-state index contributed by atoms with van der Waals surface area (Å²) in [6, 6.07) is 10.9. The highest BCUT2D eigenvalue weighted by Crippen LogP contribution is 2.32. The van der Waals surface area contributed by atoms with Gasteiger partial charge in [-0.05, 0) is 48.6 Å². The quantitative estimate of drug-likeness (QED) is 0.340. The summed E-state index contributed by atoms with van der Waals surface area (Å²) in [6.45, 7) is 3.34. The standard InChI is InChI=1S/C28H38N4O5/c1-36-26-11-7-22(19-27(26)37-2)13-14-29-24-20-23(9-10-25(24)32(34)35)30-15-17-31(18-16-30)28(33)12-8-21-5-3-4-6-21/h7,9-11,19-21,29H,3-6,8,12-18H2,1-2H3. The zero-order valence-corrected chi connectivity index (χ0v) is 21.9. The first-order chi connectivity index (χ1) is 18.0. The number of nitro groups is 1. The molecule has 9 heteroatoms. The van der Waals surface area contributed by atoms with Gasteiger partial charge in [0.05, 0.1) is 19.1 Å². The van der Waals surface area contributed by atoms with Crippen molar-refractivity contribution in [1.29, 1.82) is 0 Å². The Hall–Kier alpha value is -3.49. The van der Waals surface area contributed by atoms with Crippen molar-refractivity contribution in [1.82, 2.24) is 4.90 Å². The second-order valence-corrected chi connectivity index (χ2v) is 9.88. The van der Waals surface area contributed by atoms with E-state index in [0.717, 1.165) is 36.7 Å². The maximum Gasteiger partial charge on any atom is 0.292 e. The summed E-state index contributed by atoms with van der Waals surface area (Å²) in [4.78, 5) is 28.2. The van der Waals surface area contributed by atoms with Crippen LogP contribution in [0, 0.1) is 16.0 Å². The summed E-state index contributed by atoms with van der Waals surface area (Å²) in [5, 5.41) is 14.9. The van der Waals surface area contributed by atoms with E-state index in [0.29, 0.717) is 49.7 Å². The molecule has 2 aliphatic rings. The van der Waals surface area contributed by atoms with Crippen LogP contribution in [0.15, 0.2) is 36.4 Å². The number of methoxy groups -OCH3 is 2. The van der Waals surface area contributed by atoms with E-state index < -0.39 is 0 Å². The van der Waals surface area contributed by atoms with Crippen LogP contribution in [0.4, 0.5) is 17.1 Å². The zero-order valence-electron chi connectivity index (χ0n) is 21.9. The van der Waals surface area contributed by atoms with E-state index in [1.54, 1.807) is 26.4 Å².